The fourth-order valence-electron chi connectivity index (χ4n) is 4.47. The Kier molecular flexibility index (Phi) is 6.39. The summed E-state index contributed by atoms with van der Waals surface area (Å²) >= 11 is 0. The number of aromatic nitrogens is 1. The second kappa shape index (κ2) is 9.12. The number of nitrogens with one attached hydrogen (secondary N) is 1. The molecular weight excluding hydrogens is 443 g/mol. The first-order valence-corrected chi connectivity index (χ1v) is 11.1. The maximum Gasteiger partial charge on any atom is 0.416 e. The van der Waals surface area contributed by atoms with E-state index in [0.717, 1.165) is 23.3 Å². The Morgan fingerprint density at radius 1 is 1.26 bits per heavy atom. The summed E-state index contributed by atoms with van der Waals surface area (Å²) in [5.74, 6) is 0. The Bertz CT molecular complexity index is 1130. The normalized spacial score (nSPS) is 22.0. The van der Waals surface area contributed by atoms with Gasteiger partial charge in [-0.1, -0.05) is 12.1 Å². The first kappa shape index (κ1) is 23.8. The number of pyridine rings is 1. The fourth-order valence-corrected chi connectivity index (χ4v) is 4.47. The van der Waals surface area contributed by atoms with E-state index >= 15 is 0 Å². The Labute approximate surface area is 196 Å². The third-order valence-corrected chi connectivity index (χ3v) is 6.42. The van der Waals surface area contributed by atoms with Gasteiger partial charge in [-0.05, 0) is 55.7 Å². The second-order valence-corrected chi connectivity index (χ2v) is 8.47. The van der Waals surface area contributed by atoms with E-state index < -0.39 is 23.0 Å². The van der Waals surface area contributed by atoms with Crippen molar-refractivity contribution in [3.63, 3.8) is 0 Å². The van der Waals surface area contributed by atoms with E-state index in [0.29, 0.717) is 38.2 Å². The summed E-state index contributed by atoms with van der Waals surface area (Å²) < 4.78 is 45.1. The van der Waals surface area contributed by atoms with Crippen LogP contribution in [0.3, 0.4) is 0 Å². The number of nitrogens with zero attached hydrogens (tertiary/aromatic N) is 3. The topological polar surface area (TPSA) is 87.2 Å². The summed E-state index contributed by atoms with van der Waals surface area (Å²) in [6.45, 7) is 3.44. The number of halogens is 3. The van der Waals surface area contributed by atoms with Gasteiger partial charge in [0, 0.05) is 49.4 Å². The van der Waals surface area contributed by atoms with Crippen LogP contribution < -0.4 is 16.0 Å². The van der Waals surface area contributed by atoms with Gasteiger partial charge in [-0.25, -0.2) is 0 Å². The number of hydrogen-bond acceptors (Lipinski definition) is 6. The maximum absolute atomic E-state index is 13.0. The van der Waals surface area contributed by atoms with Crippen molar-refractivity contribution in [2.45, 2.75) is 37.2 Å². The van der Waals surface area contributed by atoms with Gasteiger partial charge in [-0.15, -0.1) is 0 Å². The van der Waals surface area contributed by atoms with Gasteiger partial charge in [0.15, 0.2) is 5.72 Å². The molecule has 34 heavy (non-hydrogen) atoms. The van der Waals surface area contributed by atoms with Crippen LogP contribution in [0.15, 0.2) is 66.7 Å². The van der Waals surface area contributed by atoms with Crippen LogP contribution in [0.2, 0.25) is 0 Å². The van der Waals surface area contributed by atoms with E-state index in [-0.39, 0.29) is 5.56 Å². The summed E-state index contributed by atoms with van der Waals surface area (Å²) in [5, 5.41) is 12.8. The lowest BCUT2D eigenvalue weighted by Gasteiger charge is -2.43. The lowest BCUT2D eigenvalue weighted by atomic mass is 9.80. The molecule has 1 aromatic carbocycles. The Hall–Kier alpha value is -3.35. The zero-order valence-corrected chi connectivity index (χ0v) is 18.8. The van der Waals surface area contributed by atoms with Crippen LogP contribution in [0.1, 0.15) is 36.5 Å². The minimum Gasteiger partial charge on any atom is -0.370 e. The van der Waals surface area contributed by atoms with Crippen molar-refractivity contribution in [1.82, 2.24) is 10.3 Å². The predicted octanol–water partition coefficient (Wildman–Crippen LogP) is 4.20. The standard InChI is InChI=1S/C25H26F3N5O/c1-2-34-24(21-4-3-11-31-16-21)8-7-20(17-32-24)23(30)9-12-33(13-10-23)22-6-5-19(25(26,27)28)14-18(22)15-29/h3-8,11,14,16-17,32H,2,9-10,12-13,30H2,1H3. The monoisotopic (exact) mass is 469 g/mol. The van der Waals surface area contributed by atoms with Crippen molar-refractivity contribution >= 4 is 5.69 Å². The number of piperidine rings is 1. The number of hydrogen-bond donors (Lipinski definition) is 2. The first-order chi connectivity index (χ1) is 16.2. The number of nitrogens with two attached hydrogens (primary N) is 1. The van der Waals surface area contributed by atoms with E-state index in [1.807, 2.05) is 48.4 Å². The van der Waals surface area contributed by atoms with Crippen molar-refractivity contribution < 1.29 is 17.9 Å². The quantitative estimate of drug-likeness (QED) is 0.683. The molecule has 0 radical (unpaired) electrons. The largest absolute Gasteiger partial charge is 0.416 e. The highest BCUT2D eigenvalue weighted by molar-refractivity contribution is 5.61. The van der Waals surface area contributed by atoms with Gasteiger partial charge in [0.25, 0.3) is 0 Å². The first-order valence-electron chi connectivity index (χ1n) is 11.1. The molecule has 0 bridgehead atoms. The Balaban J connectivity index is 1.49. The number of rotatable bonds is 5. The van der Waals surface area contributed by atoms with Crippen molar-refractivity contribution in [3.8, 4) is 6.07 Å². The van der Waals surface area contributed by atoms with Gasteiger partial charge >= 0.3 is 6.18 Å². The van der Waals surface area contributed by atoms with Gasteiger partial charge in [-0.3, -0.25) is 4.98 Å². The summed E-state index contributed by atoms with van der Waals surface area (Å²) in [4.78, 5) is 6.11. The lowest BCUT2D eigenvalue weighted by Crippen LogP contribution is -2.53. The lowest BCUT2D eigenvalue weighted by molar-refractivity contribution is -0.137. The number of anilines is 1. The predicted molar refractivity (Wildman–Crippen MR) is 122 cm³/mol. The minimum atomic E-state index is -4.49. The van der Waals surface area contributed by atoms with Gasteiger partial charge < -0.3 is 20.7 Å². The average Bonchev–Trinajstić information content (AvgIpc) is 2.85. The molecule has 4 rings (SSSR count). The average molecular weight is 470 g/mol. The van der Waals surface area contributed by atoms with Crippen LogP contribution in [-0.2, 0) is 16.6 Å². The van der Waals surface area contributed by atoms with E-state index in [2.05, 4.69) is 10.3 Å². The molecule has 1 fully saturated rings. The summed E-state index contributed by atoms with van der Waals surface area (Å²) in [7, 11) is 0. The highest BCUT2D eigenvalue weighted by Gasteiger charge is 2.38. The number of alkyl halides is 3. The van der Waals surface area contributed by atoms with Crippen LogP contribution in [0.5, 0.6) is 0 Å². The van der Waals surface area contributed by atoms with Crippen molar-refractivity contribution in [3.05, 3.63) is 83.3 Å². The smallest absolute Gasteiger partial charge is 0.370 e. The molecule has 3 N–H and O–H groups in total. The molecule has 178 valence electrons. The molecule has 0 aliphatic carbocycles. The summed E-state index contributed by atoms with van der Waals surface area (Å²) in [6, 6.07) is 8.98. The van der Waals surface area contributed by atoms with Gasteiger partial charge in [0.2, 0.25) is 0 Å². The molecule has 1 atom stereocenters. The fraction of sp³-hybridized carbons (Fsp3) is 0.360. The number of dihydropyridines is 1. The summed E-state index contributed by atoms with van der Waals surface area (Å²) in [6.07, 6.45) is 5.89. The zero-order valence-electron chi connectivity index (χ0n) is 18.8. The second-order valence-electron chi connectivity index (χ2n) is 8.47. The van der Waals surface area contributed by atoms with Gasteiger partial charge in [-0.2, -0.15) is 18.4 Å². The zero-order chi connectivity index (χ0) is 24.4. The molecule has 3 heterocycles. The van der Waals surface area contributed by atoms with Crippen molar-refractivity contribution in [2.75, 3.05) is 24.6 Å². The molecular formula is C25H26F3N5O. The van der Waals surface area contributed by atoms with Crippen LogP contribution in [0.25, 0.3) is 0 Å². The number of benzene rings is 1. The molecule has 2 aromatic rings. The van der Waals surface area contributed by atoms with E-state index in [9.17, 15) is 18.4 Å². The highest BCUT2D eigenvalue weighted by Crippen LogP contribution is 2.37. The van der Waals surface area contributed by atoms with Crippen molar-refractivity contribution in [2.24, 2.45) is 5.73 Å². The molecule has 2 aliphatic heterocycles. The number of nitriles is 1. The van der Waals surface area contributed by atoms with E-state index in [1.165, 1.54) is 6.07 Å². The summed E-state index contributed by atoms with van der Waals surface area (Å²) in [5.41, 5.74) is 6.79. The number of ether oxygens (including phenoxy) is 1. The molecule has 0 amide bonds. The maximum atomic E-state index is 13.0. The molecule has 0 saturated carbocycles. The molecule has 1 saturated heterocycles. The van der Waals surface area contributed by atoms with Gasteiger partial charge in [0.05, 0.1) is 16.8 Å². The third-order valence-electron chi connectivity index (χ3n) is 6.42. The molecule has 6 nitrogen and oxygen atoms in total. The van der Waals surface area contributed by atoms with Gasteiger partial charge in [0.1, 0.15) is 6.07 Å². The van der Waals surface area contributed by atoms with E-state index in [4.69, 9.17) is 10.5 Å². The molecule has 0 spiro atoms. The third kappa shape index (κ3) is 4.52. The molecule has 2 aliphatic rings. The SMILES string of the molecule is CCOC1(c2cccnc2)C=CC(C2(N)CCN(c3ccc(C(F)(F)F)cc3C#N)CC2)=CN1. The molecule has 1 unspecified atom stereocenters. The van der Waals surface area contributed by atoms with Crippen LogP contribution in [0.4, 0.5) is 18.9 Å². The Morgan fingerprint density at radius 3 is 2.59 bits per heavy atom. The molecule has 9 heteroatoms. The van der Waals surface area contributed by atoms with Crippen LogP contribution in [0, 0.1) is 11.3 Å². The van der Waals surface area contributed by atoms with Crippen molar-refractivity contribution in [1.29, 1.82) is 5.26 Å². The van der Waals surface area contributed by atoms with E-state index in [1.54, 1.807) is 12.4 Å². The van der Waals surface area contributed by atoms with Crippen LogP contribution >= 0.6 is 0 Å². The highest BCUT2D eigenvalue weighted by atomic mass is 19.4. The minimum absolute atomic E-state index is 0.00996. The molecule has 1 aromatic heterocycles. The Morgan fingerprint density at radius 2 is 2.03 bits per heavy atom. The van der Waals surface area contributed by atoms with Crippen LogP contribution in [-0.4, -0.2) is 30.2 Å².